The molecule has 2 N–H and O–H groups in total. The number of fused-ring (bicyclic) bond motifs is 1. The molecule has 3 aromatic rings. The van der Waals surface area contributed by atoms with Crippen molar-refractivity contribution < 1.29 is 0 Å². The third-order valence-electron chi connectivity index (χ3n) is 3.03. The Hall–Kier alpha value is -2.47. The van der Waals surface area contributed by atoms with Crippen LogP contribution >= 0.6 is 0 Å². The second-order valence-corrected chi connectivity index (χ2v) is 4.38. The zero-order chi connectivity index (χ0) is 13.8. The van der Waals surface area contributed by atoms with Crippen LogP contribution in [0.2, 0.25) is 0 Å². The maximum absolute atomic E-state index is 4.41. The van der Waals surface area contributed by atoms with Crippen LogP contribution in [0.5, 0.6) is 0 Å². The highest BCUT2D eigenvalue weighted by atomic mass is 15.3. The van der Waals surface area contributed by atoms with Gasteiger partial charge in [0, 0.05) is 13.1 Å². The molecule has 0 spiro atoms. The summed E-state index contributed by atoms with van der Waals surface area (Å²) in [4.78, 5) is 8.62. The largest absolute Gasteiger partial charge is 0.368 e. The number of hydrogen-bond donors (Lipinski definition) is 2. The van der Waals surface area contributed by atoms with Crippen LogP contribution in [0, 0.1) is 0 Å². The fraction of sp³-hybridized carbons (Fsp3) is 0.214. The number of benzene rings is 1. The summed E-state index contributed by atoms with van der Waals surface area (Å²) in [6.07, 6.45) is 3.36. The lowest BCUT2D eigenvalue weighted by Gasteiger charge is -2.06. The first-order chi connectivity index (χ1) is 9.90. The molecule has 0 amide bonds. The van der Waals surface area contributed by atoms with E-state index in [1.807, 2.05) is 42.1 Å². The fourth-order valence-electron chi connectivity index (χ4n) is 2.05. The molecule has 0 unspecified atom stereocenters. The Bertz CT molecular complexity index is 691. The number of nitrogens with one attached hydrogen (secondary N) is 2. The van der Waals surface area contributed by atoms with E-state index in [1.54, 1.807) is 12.5 Å². The lowest BCUT2D eigenvalue weighted by Crippen LogP contribution is -2.18. The first-order valence-electron chi connectivity index (χ1n) is 6.53. The Kier molecular flexibility index (Phi) is 3.56. The molecule has 0 aliphatic heterocycles. The smallest absolute Gasteiger partial charge is 0.168 e. The molecule has 0 atom stereocenters. The van der Waals surface area contributed by atoms with Crippen LogP contribution in [-0.4, -0.2) is 39.9 Å². The number of para-hydroxylation sites is 1. The van der Waals surface area contributed by atoms with Gasteiger partial charge in [0.2, 0.25) is 0 Å². The lowest BCUT2D eigenvalue weighted by atomic mass is 10.3. The molecule has 0 saturated heterocycles. The van der Waals surface area contributed by atoms with Crippen LogP contribution in [0.1, 0.15) is 0 Å². The maximum Gasteiger partial charge on any atom is 0.168 e. The van der Waals surface area contributed by atoms with Gasteiger partial charge >= 0.3 is 0 Å². The van der Waals surface area contributed by atoms with Crippen LogP contribution in [0.4, 0.5) is 5.82 Å². The average molecular weight is 268 g/mol. The molecule has 0 saturated carbocycles. The van der Waals surface area contributed by atoms with Crippen molar-refractivity contribution in [3.63, 3.8) is 0 Å². The quantitative estimate of drug-likeness (QED) is 0.685. The highest BCUT2D eigenvalue weighted by molar-refractivity contribution is 5.87. The van der Waals surface area contributed by atoms with E-state index in [-0.39, 0.29) is 0 Å². The van der Waals surface area contributed by atoms with E-state index < -0.39 is 0 Å². The van der Waals surface area contributed by atoms with Crippen molar-refractivity contribution in [3.05, 3.63) is 42.9 Å². The average Bonchev–Trinajstić information content (AvgIpc) is 2.93. The third kappa shape index (κ3) is 2.33. The molecule has 1 aromatic carbocycles. The van der Waals surface area contributed by atoms with E-state index in [0.29, 0.717) is 0 Å². The van der Waals surface area contributed by atoms with Gasteiger partial charge in [0.1, 0.15) is 12.1 Å². The highest BCUT2D eigenvalue weighted by Gasteiger charge is 2.10. The van der Waals surface area contributed by atoms with Gasteiger partial charge in [-0.15, -0.1) is 0 Å². The molecular formula is C14H16N6. The summed E-state index contributed by atoms with van der Waals surface area (Å²) in [6.45, 7) is 1.68. The van der Waals surface area contributed by atoms with Gasteiger partial charge in [0.05, 0.1) is 17.3 Å². The van der Waals surface area contributed by atoms with Crippen molar-refractivity contribution in [1.82, 2.24) is 25.1 Å². The summed E-state index contributed by atoms with van der Waals surface area (Å²) >= 11 is 0. The maximum atomic E-state index is 4.41. The molecule has 2 aromatic heterocycles. The number of rotatable bonds is 5. The molecule has 102 valence electrons. The standard InChI is InChI=1S/C14H16N6/c1-15-7-8-16-13-12-9-19-20(14(12)18-10-17-13)11-5-3-2-4-6-11/h2-6,9-10,15H,7-8H2,1H3,(H,16,17,18). The fourth-order valence-corrected chi connectivity index (χ4v) is 2.05. The minimum absolute atomic E-state index is 0.804. The molecule has 2 heterocycles. The van der Waals surface area contributed by atoms with Crippen molar-refractivity contribution in [2.75, 3.05) is 25.5 Å². The molecular weight excluding hydrogens is 252 g/mol. The SMILES string of the molecule is CNCCNc1ncnc2c1cnn2-c1ccccc1. The minimum Gasteiger partial charge on any atom is -0.368 e. The molecule has 0 aliphatic rings. The van der Waals surface area contributed by atoms with E-state index >= 15 is 0 Å². The topological polar surface area (TPSA) is 67.7 Å². The van der Waals surface area contributed by atoms with Crippen LogP contribution in [0.15, 0.2) is 42.9 Å². The zero-order valence-electron chi connectivity index (χ0n) is 11.2. The van der Waals surface area contributed by atoms with Crippen molar-refractivity contribution in [2.24, 2.45) is 0 Å². The summed E-state index contributed by atoms with van der Waals surface area (Å²) in [5.74, 6) is 0.812. The molecule has 6 nitrogen and oxygen atoms in total. The van der Waals surface area contributed by atoms with E-state index in [2.05, 4.69) is 25.7 Å². The number of likely N-dealkylation sites (N-methyl/N-ethyl adjacent to an activating group) is 1. The van der Waals surface area contributed by atoms with Crippen molar-refractivity contribution in [3.8, 4) is 5.69 Å². The van der Waals surface area contributed by atoms with Gasteiger partial charge in [-0.3, -0.25) is 0 Å². The summed E-state index contributed by atoms with van der Waals surface area (Å²) in [5, 5.41) is 11.7. The van der Waals surface area contributed by atoms with Gasteiger partial charge in [-0.25, -0.2) is 14.6 Å². The Morgan fingerprint density at radius 1 is 1.10 bits per heavy atom. The molecule has 0 radical (unpaired) electrons. The second-order valence-electron chi connectivity index (χ2n) is 4.38. The van der Waals surface area contributed by atoms with E-state index in [1.165, 1.54) is 0 Å². The predicted molar refractivity (Wildman–Crippen MR) is 79.1 cm³/mol. The van der Waals surface area contributed by atoms with Crippen molar-refractivity contribution in [1.29, 1.82) is 0 Å². The Balaban J connectivity index is 1.99. The lowest BCUT2D eigenvalue weighted by molar-refractivity contribution is 0.821. The van der Waals surface area contributed by atoms with Crippen molar-refractivity contribution >= 4 is 16.9 Å². The number of anilines is 1. The van der Waals surface area contributed by atoms with Crippen LogP contribution in [0.3, 0.4) is 0 Å². The van der Waals surface area contributed by atoms with Crippen LogP contribution in [0.25, 0.3) is 16.7 Å². The third-order valence-corrected chi connectivity index (χ3v) is 3.03. The monoisotopic (exact) mass is 268 g/mol. The highest BCUT2D eigenvalue weighted by Crippen LogP contribution is 2.21. The van der Waals surface area contributed by atoms with Gasteiger partial charge in [-0.05, 0) is 19.2 Å². The predicted octanol–water partition coefficient (Wildman–Crippen LogP) is 1.45. The van der Waals surface area contributed by atoms with Gasteiger partial charge < -0.3 is 10.6 Å². The molecule has 6 heteroatoms. The van der Waals surface area contributed by atoms with Crippen LogP contribution in [-0.2, 0) is 0 Å². The normalized spacial score (nSPS) is 10.8. The van der Waals surface area contributed by atoms with Crippen LogP contribution < -0.4 is 10.6 Å². The Morgan fingerprint density at radius 2 is 1.95 bits per heavy atom. The van der Waals surface area contributed by atoms with Gasteiger partial charge in [0.15, 0.2) is 5.65 Å². The summed E-state index contributed by atoms with van der Waals surface area (Å²) < 4.78 is 1.82. The molecule has 3 rings (SSSR count). The van der Waals surface area contributed by atoms with Gasteiger partial charge in [-0.2, -0.15) is 5.10 Å². The van der Waals surface area contributed by atoms with E-state index in [0.717, 1.165) is 35.6 Å². The molecule has 0 bridgehead atoms. The number of hydrogen-bond acceptors (Lipinski definition) is 5. The zero-order valence-corrected chi connectivity index (χ0v) is 11.2. The molecule has 0 aliphatic carbocycles. The number of nitrogens with zero attached hydrogens (tertiary/aromatic N) is 4. The van der Waals surface area contributed by atoms with E-state index in [4.69, 9.17) is 0 Å². The molecule has 20 heavy (non-hydrogen) atoms. The summed E-state index contributed by atoms with van der Waals surface area (Å²) in [6, 6.07) is 9.95. The minimum atomic E-state index is 0.804. The molecule has 0 fully saturated rings. The Morgan fingerprint density at radius 3 is 2.75 bits per heavy atom. The van der Waals surface area contributed by atoms with E-state index in [9.17, 15) is 0 Å². The first kappa shape index (κ1) is 12.6. The van der Waals surface area contributed by atoms with Gasteiger partial charge in [-0.1, -0.05) is 18.2 Å². The first-order valence-corrected chi connectivity index (χ1v) is 6.53. The number of aromatic nitrogens is 4. The van der Waals surface area contributed by atoms with Crippen molar-refractivity contribution in [2.45, 2.75) is 0 Å². The second kappa shape index (κ2) is 5.66. The Labute approximate surface area is 116 Å². The van der Waals surface area contributed by atoms with Gasteiger partial charge in [0.25, 0.3) is 0 Å². The summed E-state index contributed by atoms with van der Waals surface area (Å²) in [5.41, 5.74) is 1.79. The summed E-state index contributed by atoms with van der Waals surface area (Å²) in [7, 11) is 1.92.